The largest absolute Gasteiger partial charge is 0.394 e. The first kappa shape index (κ1) is 14.7. The van der Waals surface area contributed by atoms with E-state index < -0.39 is 0 Å². The Bertz CT molecular complexity index is 549. The van der Waals surface area contributed by atoms with Crippen LogP contribution in [-0.2, 0) is 26.1 Å². The Hall–Kier alpha value is -1.73. The zero-order chi connectivity index (χ0) is 14.5. The minimum absolute atomic E-state index is 0.0963. The lowest BCUT2D eigenvalue weighted by atomic mass is 10.2. The van der Waals surface area contributed by atoms with E-state index in [1.54, 1.807) is 4.68 Å². The lowest BCUT2D eigenvalue weighted by Gasteiger charge is -2.13. The Morgan fingerprint density at radius 3 is 2.85 bits per heavy atom. The van der Waals surface area contributed by atoms with Gasteiger partial charge >= 0.3 is 0 Å². The van der Waals surface area contributed by atoms with E-state index >= 15 is 0 Å². The summed E-state index contributed by atoms with van der Waals surface area (Å²) in [6, 6.07) is 0. The van der Waals surface area contributed by atoms with Crippen molar-refractivity contribution >= 4 is 0 Å². The minimum atomic E-state index is 0.0963. The monoisotopic (exact) mass is 279 g/mol. The third-order valence-corrected chi connectivity index (χ3v) is 3.04. The van der Waals surface area contributed by atoms with E-state index in [0.717, 1.165) is 24.2 Å². The van der Waals surface area contributed by atoms with E-state index in [1.165, 1.54) is 0 Å². The summed E-state index contributed by atoms with van der Waals surface area (Å²) in [5.74, 6) is 1.37. The highest BCUT2D eigenvalue weighted by Gasteiger charge is 2.11. The number of rotatable bonds is 7. The maximum Gasteiger partial charge on any atom is 0.226 e. The second-order valence-corrected chi connectivity index (χ2v) is 4.86. The molecule has 0 amide bonds. The Morgan fingerprint density at radius 2 is 2.20 bits per heavy atom. The van der Waals surface area contributed by atoms with Gasteiger partial charge in [0.05, 0.1) is 25.4 Å². The van der Waals surface area contributed by atoms with Crippen LogP contribution in [0.5, 0.6) is 0 Å². The molecule has 0 bridgehead atoms. The smallest absolute Gasteiger partial charge is 0.226 e. The van der Waals surface area contributed by atoms with E-state index in [1.807, 2.05) is 27.1 Å². The third kappa shape index (κ3) is 3.64. The standard InChI is InChI=1S/C13H21N5O2/c1-4-13-14-12(16-20-13)9-17(3)7-11-8-18(5-6-19)15-10(11)2/h8,19H,4-7,9H2,1-3H3. The summed E-state index contributed by atoms with van der Waals surface area (Å²) in [7, 11) is 2.00. The van der Waals surface area contributed by atoms with Crippen LogP contribution in [0.15, 0.2) is 10.7 Å². The fourth-order valence-corrected chi connectivity index (χ4v) is 2.02. The molecule has 2 heterocycles. The fourth-order valence-electron chi connectivity index (χ4n) is 2.02. The summed E-state index contributed by atoms with van der Waals surface area (Å²) in [6.45, 7) is 5.97. The van der Waals surface area contributed by atoms with Gasteiger partial charge in [0.25, 0.3) is 0 Å². The number of hydrogen-bond donors (Lipinski definition) is 1. The molecule has 20 heavy (non-hydrogen) atoms. The van der Waals surface area contributed by atoms with Crippen molar-refractivity contribution in [1.29, 1.82) is 0 Å². The van der Waals surface area contributed by atoms with Gasteiger partial charge in [-0.25, -0.2) is 0 Å². The number of hydrogen-bond acceptors (Lipinski definition) is 6. The molecule has 0 radical (unpaired) electrons. The Kier molecular flexibility index (Phi) is 4.86. The number of aliphatic hydroxyl groups is 1. The molecule has 2 aromatic heterocycles. The van der Waals surface area contributed by atoms with Crippen molar-refractivity contribution in [2.75, 3.05) is 13.7 Å². The number of nitrogens with zero attached hydrogens (tertiary/aromatic N) is 5. The van der Waals surface area contributed by atoms with Crippen LogP contribution in [0.25, 0.3) is 0 Å². The molecule has 0 fully saturated rings. The summed E-state index contributed by atoms with van der Waals surface area (Å²) in [4.78, 5) is 6.40. The highest BCUT2D eigenvalue weighted by Crippen LogP contribution is 2.10. The molecule has 0 saturated carbocycles. The van der Waals surface area contributed by atoms with E-state index in [4.69, 9.17) is 9.63 Å². The Balaban J connectivity index is 1.95. The van der Waals surface area contributed by atoms with Gasteiger partial charge < -0.3 is 9.63 Å². The molecule has 0 aromatic carbocycles. The fraction of sp³-hybridized carbons (Fsp3) is 0.615. The summed E-state index contributed by atoms with van der Waals surface area (Å²) < 4.78 is 6.86. The molecular formula is C13H21N5O2. The molecule has 0 atom stereocenters. The average molecular weight is 279 g/mol. The number of aliphatic hydroxyl groups excluding tert-OH is 1. The number of aryl methyl sites for hydroxylation is 2. The van der Waals surface area contributed by atoms with Crippen LogP contribution in [0.3, 0.4) is 0 Å². The van der Waals surface area contributed by atoms with Gasteiger partial charge in [-0.2, -0.15) is 10.1 Å². The molecule has 0 aliphatic rings. The van der Waals surface area contributed by atoms with Crippen molar-refractivity contribution in [3.63, 3.8) is 0 Å². The van der Waals surface area contributed by atoms with Crippen LogP contribution in [0.4, 0.5) is 0 Å². The van der Waals surface area contributed by atoms with Crippen LogP contribution in [0.2, 0.25) is 0 Å². The van der Waals surface area contributed by atoms with Gasteiger partial charge in [0.15, 0.2) is 5.82 Å². The molecule has 0 aliphatic carbocycles. The van der Waals surface area contributed by atoms with Gasteiger partial charge in [-0.05, 0) is 14.0 Å². The number of aromatic nitrogens is 4. The van der Waals surface area contributed by atoms with Gasteiger partial charge in [0, 0.05) is 24.7 Å². The van der Waals surface area contributed by atoms with Gasteiger partial charge in [0.2, 0.25) is 5.89 Å². The van der Waals surface area contributed by atoms with Crippen molar-refractivity contribution in [3.05, 3.63) is 29.2 Å². The molecule has 0 spiro atoms. The molecule has 1 N–H and O–H groups in total. The molecule has 2 rings (SSSR count). The van der Waals surface area contributed by atoms with E-state index in [2.05, 4.69) is 20.1 Å². The molecule has 7 heteroatoms. The average Bonchev–Trinajstić information content (AvgIpc) is 2.98. The van der Waals surface area contributed by atoms with Gasteiger partial charge in [-0.15, -0.1) is 0 Å². The lowest BCUT2D eigenvalue weighted by molar-refractivity contribution is 0.269. The summed E-state index contributed by atoms with van der Waals surface area (Å²) in [5.41, 5.74) is 2.12. The highest BCUT2D eigenvalue weighted by atomic mass is 16.5. The molecule has 0 aliphatic heterocycles. The van der Waals surface area contributed by atoms with Crippen LogP contribution in [0.1, 0.15) is 29.9 Å². The highest BCUT2D eigenvalue weighted by molar-refractivity contribution is 5.15. The van der Waals surface area contributed by atoms with Crippen molar-refractivity contribution in [2.45, 2.75) is 39.9 Å². The van der Waals surface area contributed by atoms with Gasteiger partial charge in [-0.3, -0.25) is 9.58 Å². The molecule has 2 aromatic rings. The Labute approximate surface area is 118 Å². The van der Waals surface area contributed by atoms with E-state index in [-0.39, 0.29) is 6.61 Å². The summed E-state index contributed by atoms with van der Waals surface area (Å²) in [6.07, 6.45) is 2.72. The second-order valence-electron chi connectivity index (χ2n) is 4.86. The predicted molar refractivity (Wildman–Crippen MR) is 72.9 cm³/mol. The molecule has 0 saturated heterocycles. The normalized spacial score (nSPS) is 11.4. The molecular weight excluding hydrogens is 258 g/mol. The van der Waals surface area contributed by atoms with Crippen LogP contribution >= 0.6 is 0 Å². The third-order valence-electron chi connectivity index (χ3n) is 3.04. The first-order valence-corrected chi connectivity index (χ1v) is 6.76. The lowest BCUT2D eigenvalue weighted by Crippen LogP contribution is -2.18. The summed E-state index contributed by atoms with van der Waals surface area (Å²) >= 11 is 0. The Morgan fingerprint density at radius 1 is 1.40 bits per heavy atom. The zero-order valence-electron chi connectivity index (χ0n) is 12.2. The maximum atomic E-state index is 8.92. The maximum absolute atomic E-state index is 8.92. The molecule has 0 unspecified atom stereocenters. The topological polar surface area (TPSA) is 80.2 Å². The van der Waals surface area contributed by atoms with E-state index in [9.17, 15) is 0 Å². The first-order valence-electron chi connectivity index (χ1n) is 6.76. The van der Waals surface area contributed by atoms with Crippen LogP contribution in [-0.4, -0.2) is 43.6 Å². The van der Waals surface area contributed by atoms with Crippen LogP contribution < -0.4 is 0 Å². The van der Waals surface area contributed by atoms with Crippen LogP contribution in [0, 0.1) is 6.92 Å². The van der Waals surface area contributed by atoms with Crippen molar-refractivity contribution in [1.82, 2.24) is 24.8 Å². The van der Waals surface area contributed by atoms with Gasteiger partial charge in [0.1, 0.15) is 0 Å². The molecule has 110 valence electrons. The predicted octanol–water partition coefficient (Wildman–Crippen LogP) is 0.761. The van der Waals surface area contributed by atoms with Crippen molar-refractivity contribution in [3.8, 4) is 0 Å². The zero-order valence-corrected chi connectivity index (χ0v) is 12.2. The van der Waals surface area contributed by atoms with E-state index in [0.29, 0.717) is 24.8 Å². The van der Waals surface area contributed by atoms with Crippen molar-refractivity contribution in [2.24, 2.45) is 0 Å². The van der Waals surface area contributed by atoms with Gasteiger partial charge in [-0.1, -0.05) is 12.1 Å². The summed E-state index contributed by atoms with van der Waals surface area (Å²) in [5, 5.41) is 17.2. The minimum Gasteiger partial charge on any atom is -0.394 e. The van der Waals surface area contributed by atoms with Crippen molar-refractivity contribution < 1.29 is 9.63 Å². The SMILES string of the molecule is CCc1nc(CN(C)Cc2cn(CCO)nc2C)no1. The second kappa shape index (κ2) is 6.62. The quantitative estimate of drug-likeness (QED) is 0.806. The first-order chi connectivity index (χ1) is 9.62. The molecule has 7 nitrogen and oxygen atoms in total.